The molecule has 0 spiro atoms. The maximum absolute atomic E-state index is 13.0. The van der Waals surface area contributed by atoms with E-state index in [1.54, 1.807) is 38.5 Å². The Labute approximate surface area is 200 Å². The molecule has 0 atom stereocenters. The summed E-state index contributed by atoms with van der Waals surface area (Å²) in [6.07, 6.45) is 1.56. The third-order valence-corrected chi connectivity index (χ3v) is 7.74. The summed E-state index contributed by atoms with van der Waals surface area (Å²) < 4.78 is 37.9. The standard InChI is InChI=1S/C24H31N3O6S/c1-17(28)26-20-4-7-22(8-5-20)34(30,31)27-12-10-18(11-13-27)14-24(29)25-16-19-15-21(32-2)6-9-23(19)33-3/h4-9,15,18H,10-14,16H2,1-3H3,(H,25,29)(H,26,28). The number of nitrogens with zero attached hydrogens (tertiary/aromatic N) is 1. The van der Waals surface area contributed by atoms with Crippen LogP contribution in [0.15, 0.2) is 47.4 Å². The molecule has 34 heavy (non-hydrogen) atoms. The molecule has 10 heteroatoms. The van der Waals surface area contributed by atoms with Gasteiger partial charge in [0.2, 0.25) is 21.8 Å². The zero-order valence-electron chi connectivity index (χ0n) is 19.7. The number of amides is 2. The zero-order chi connectivity index (χ0) is 24.7. The Morgan fingerprint density at radius 1 is 1.03 bits per heavy atom. The Balaban J connectivity index is 1.51. The van der Waals surface area contributed by atoms with Crippen molar-refractivity contribution in [2.45, 2.75) is 37.6 Å². The van der Waals surface area contributed by atoms with E-state index >= 15 is 0 Å². The number of anilines is 1. The van der Waals surface area contributed by atoms with Gasteiger partial charge in [0.1, 0.15) is 11.5 Å². The molecule has 184 valence electrons. The molecule has 0 radical (unpaired) electrons. The van der Waals surface area contributed by atoms with Crippen LogP contribution in [0.5, 0.6) is 11.5 Å². The van der Waals surface area contributed by atoms with Crippen LogP contribution in [-0.2, 0) is 26.2 Å². The molecule has 2 amide bonds. The zero-order valence-corrected chi connectivity index (χ0v) is 20.5. The van der Waals surface area contributed by atoms with Crippen molar-refractivity contribution in [1.29, 1.82) is 0 Å². The monoisotopic (exact) mass is 489 g/mol. The molecule has 0 bridgehead atoms. The maximum atomic E-state index is 13.0. The maximum Gasteiger partial charge on any atom is 0.243 e. The second kappa shape index (κ2) is 11.3. The van der Waals surface area contributed by atoms with E-state index in [2.05, 4.69) is 10.6 Å². The topological polar surface area (TPSA) is 114 Å². The van der Waals surface area contributed by atoms with Crippen molar-refractivity contribution >= 4 is 27.5 Å². The average Bonchev–Trinajstić information content (AvgIpc) is 2.83. The molecular formula is C24H31N3O6S. The van der Waals surface area contributed by atoms with Crippen LogP contribution in [0, 0.1) is 5.92 Å². The molecule has 0 unspecified atom stereocenters. The van der Waals surface area contributed by atoms with Crippen LogP contribution in [0.1, 0.15) is 31.7 Å². The molecule has 0 aromatic heterocycles. The minimum Gasteiger partial charge on any atom is -0.497 e. The Morgan fingerprint density at radius 3 is 2.29 bits per heavy atom. The van der Waals surface area contributed by atoms with Crippen molar-refractivity contribution in [3.8, 4) is 11.5 Å². The van der Waals surface area contributed by atoms with Gasteiger partial charge in [0.05, 0.1) is 19.1 Å². The first-order valence-electron chi connectivity index (χ1n) is 11.1. The number of rotatable bonds is 9. The van der Waals surface area contributed by atoms with Gasteiger partial charge in [0.25, 0.3) is 0 Å². The van der Waals surface area contributed by atoms with E-state index in [4.69, 9.17) is 9.47 Å². The fraction of sp³-hybridized carbons (Fsp3) is 0.417. The summed E-state index contributed by atoms with van der Waals surface area (Å²) in [5.74, 6) is 1.16. The van der Waals surface area contributed by atoms with Gasteiger partial charge >= 0.3 is 0 Å². The third-order valence-electron chi connectivity index (χ3n) is 5.82. The molecule has 2 N–H and O–H groups in total. The summed E-state index contributed by atoms with van der Waals surface area (Å²) in [6.45, 7) is 2.43. The molecule has 1 aliphatic heterocycles. The molecule has 1 fully saturated rings. The van der Waals surface area contributed by atoms with Crippen LogP contribution in [0.4, 0.5) is 5.69 Å². The van der Waals surface area contributed by atoms with E-state index in [1.807, 2.05) is 6.07 Å². The van der Waals surface area contributed by atoms with Gasteiger partial charge in [-0.15, -0.1) is 0 Å². The van der Waals surface area contributed by atoms with Gasteiger partial charge in [-0.2, -0.15) is 4.31 Å². The number of ether oxygens (including phenoxy) is 2. The lowest BCUT2D eigenvalue weighted by atomic mass is 9.94. The fourth-order valence-corrected chi connectivity index (χ4v) is 5.43. The third kappa shape index (κ3) is 6.48. The van der Waals surface area contributed by atoms with E-state index in [9.17, 15) is 18.0 Å². The lowest BCUT2D eigenvalue weighted by Crippen LogP contribution is -2.39. The van der Waals surface area contributed by atoms with E-state index in [0.29, 0.717) is 56.1 Å². The molecule has 1 heterocycles. The smallest absolute Gasteiger partial charge is 0.243 e. The van der Waals surface area contributed by atoms with Gasteiger partial charge in [0.15, 0.2) is 0 Å². The van der Waals surface area contributed by atoms with Crippen LogP contribution >= 0.6 is 0 Å². The molecule has 0 aliphatic carbocycles. The number of nitrogens with one attached hydrogen (secondary N) is 2. The normalized spacial score (nSPS) is 14.9. The molecule has 1 saturated heterocycles. The van der Waals surface area contributed by atoms with E-state index in [1.165, 1.54) is 23.4 Å². The van der Waals surface area contributed by atoms with Crippen LogP contribution in [-0.4, -0.2) is 51.8 Å². The largest absolute Gasteiger partial charge is 0.497 e. The number of carbonyl (C=O) groups is 2. The summed E-state index contributed by atoms with van der Waals surface area (Å²) in [5, 5.41) is 5.54. The highest BCUT2D eigenvalue weighted by Crippen LogP contribution is 2.27. The summed E-state index contributed by atoms with van der Waals surface area (Å²) in [5.41, 5.74) is 1.36. The van der Waals surface area contributed by atoms with Crippen molar-refractivity contribution in [3.05, 3.63) is 48.0 Å². The van der Waals surface area contributed by atoms with Gasteiger partial charge in [-0.3, -0.25) is 9.59 Å². The first-order valence-corrected chi connectivity index (χ1v) is 12.5. The summed E-state index contributed by atoms with van der Waals surface area (Å²) in [4.78, 5) is 23.8. The highest BCUT2D eigenvalue weighted by atomic mass is 32.2. The number of hydrogen-bond donors (Lipinski definition) is 2. The van der Waals surface area contributed by atoms with Crippen molar-refractivity contribution in [3.63, 3.8) is 0 Å². The molecular weight excluding hydrogens is 458 g/mol. The van der Waals surface area contributed by atoms with Crippen LogP contribution in [0.3, 0.4) is 0 Å². The Bertz CT molecular complexity index is 1110. The van der Waals surface area contributed by atoms with Crippen LogP contribution in [0.2, 0.25) is 0 Å². The van der Waals surface area contributed by atoms with Gasteiger partial charge in [-0.1, -0.05) is 0 Å². The van der Waals surface area contributed by atoms with Crippen molar-refractivity contribution < 1.29 is 27.5 Å². The fourth-order valence-electron chi connectivity index (χ4n) is 3.96. The summed E-state index contributed by atoms with van der Waals surface area (Å²) in [6, 6.07) is 11.5. The number of benzene rings is 2. The van der Waals surface area contributed by atoms with Crippen molar-refractivity contribution in [1.82, 2.24) is 9.62 Å². The first kappa shape index (κ1) is 25.5. The van der Waals surface area contributed by atoms with E-state index in [0.717, 1.165) is 5.56 Å². The van der Waals surface area contributed by atoms with Gasteiger partial charge in [0, 0.05) is 44.2 Å². The first-order chi connectivity index (χ1) is 16.2. The lowest BCUT2D eigenvalue weighted by Gasteiger charge is -2.31. The minimum absolute atomic E-state index is 0.0836. The van der Waals surface area contributed by atoms with Crippen molar-refractivity contribution in [2.75, 3.05) is 32.6 Å². The van der Waals surface area contributed by atoms with Gasteiger partial charge in [-0.25, -0.2) is 8.42 Å². The average molecular weight is 490 g/mol. The molecule has 2 aromatic rings. The van der Waals surface area contributed by atoms with E-state index in [-0.39, 0.29) is 22.6 Å². The van der Waals surface area contributed by atoms with Gasteiger partial charge in [-0.05, 0) is 61.2 Å². The summed E-state index contributed by atoms with van der Waals surface area (Å²) in [7, 11) is -0.469. The SMILES string of the molecule is COc1ccc(OC)c(CNC(=O)CC2CCN(S(=O)(=O)c3ccc(NC(C)=O)cc3)CC2)c1. The number of piperidine rings is 1. The Morgan fingerprint density at radius 2 is 1.71 bits per heavy atom. The lowest BCUT2D eigenvalue weighted by molar-refractivity contribution is -0.122. The molecule has 3 rings (SSSR count). The van der Waals surface area contributed by atoms with Gasteiger partial charge < -0.3 is 20.1 Å². The predicted octanol–water partition coefficient (Wildman–Crippen LogP) is 2.77. The highest BCUT2D eigenvalue weighted by molar-refractivity contribution is 7.89. The van der Waals surface area contributed by atoms with Crippen LogP contribution < -0.4 is 20.1 Å². The molecule has 9 nitrogen and oxygen atoms in total. The molecule has 1 aliphatic rings. The summed E-state index contributed by atoms with van der Waals surface area (Å²) >= 11 is 0. The quantitative estimate of drug-likeness (QED) is 0.560. The Hall–Kier alpha value is -3.11. The van der Waals surface area contributed by atoms with E-state index < -0.39 is 10.0 Å². The second-order valence-corrected chi connectivity index (χ2v) is 10.1. The number of methoxy groups -OCH3 is 2. The molecule has 0 saturated carbocycles. The second-order valence-electron chi connectivity index (χ2n) is 8.21. The highest BCUT2D eigenvalue weighted by Gasteiger charge is 2.30. The number of carbonyl (C=O) groups excluding carboxylic acids is 2. The Kier molecular flexibility index (Phi) is 8.51. The number of hydrogen-bond acceptors (Lipinski definition) is 6. The van der Waals surface area contributed by atoms with Crippen LogP contribution in [0.25, 0.3) is 0 Å². The minimum atomic E-state index is -3.63. The van der Waals surface area contributed by atoms with Crippen molar-refractivity contribution in [2.24, 2.45) is 5.92 Å². The number of sulfonamides is 1. The predicted molar refractivity (Wildman–Crippen MR) is 128 cm³/mol. The molecule has 2 aromatic carbocycles.